The van der Waals surface area contributed by atoms with Gasteiger partial charge >= 0.3 is 0 Å². The van der Waals surface area contributed by atoms with Crippen LogP contribution in [0.3, 0.4) is 0 Å². The van der Waals surface area contributed by atoms with Gasteiger partial charge in [-0.05, 0) is 38.7 Å². The van der Waals surface area contributed by atoms with Gasteiger partial charge in [-0.3, -0.25) is 14.9 Å². The van der Waals surface area contributed by atoms with Crippen molar-refractivity contribution in [2.45, 2.75) is 39.7 Å². The molecular formula is C15H20N2O3. The van der Waals surface area contributed by atoms with Crippen molar-refractivity contribution in [1.82, 2.24) is 0 Å². The van der Waals surface area contributed by atoms with Gasteiger partial charge in [0.15, 0.2) is 5.78 Å². The number of anilines is 1. The molecule has 5 heteroatoms. The molecule has 1 fully saturated rings. The second-order valence-electron chi connectivity index (χ2n) is 5.69. The highest BCUT2D eigenvalue weighted by atomic mass is 16.6. The average Bonchev–Trinajstić information content (AvgIpc) is 2.38. The summed E-state index contributed by atoms with van der Waals surface area (Å²) in [5, 5.41) is 10.9. The largest absolute Gasteiger partial charge is 0.368 e. The summed E-state index contributed by atoms with van der Waals surface area (Å²) >= 11 is 0. The molecule has 1 aliphatic rings. The minimum absolute atomic E-state index is 0.0306. The topological polar surface area (TPSA) is 63.4 Å². The lowest BCUT2D eigenvalue weighted by atomic mass is 9.92. The highest BCUT2D eigenvalue weighted by Gasteiger charge is 2.26. The van der Waals surface area contributed by atoms with Crippen LogP contribution in [-0.4, -0.2) is 23.3 Å². The Kier molecular flexibility index (Phi) is 4.06. The van der Waals surface area contributed by atoms with Crippen LogP contribution in [0.1, 0.15) is 44.0 Å². The molecule has 2 atom stereocenters. The lowest BCUT2D eigenvalue weighted by Crippen LogP contribution is -2.40. The molecule has 0 N–H and O–H groups in total. The molecule has 2 rings (SSSR count). The number of nitro benzene ring substituents is 1. The van der Waals surface area contributed by atoms with E-state index in [4.69, 9.17) is 0 Å². The van der Waals surface area contributed by atoms with Crippen LogP contribution < -0.4 is 4.90 Å². The number of nitrogens with zero attached hydrogens (tertiary/aromatic N) is 2. The Morgan fingerprint density at radius 2 is 2.10 bits per heavy atom. The number of non-ortho nitro benzene ring substituents is 1. The van der Waals surface area contributed by atoms with Gasteiger partial charge in [-0.2, -0.15) is 0 Å². The zero-order valence-corrected chi connectivity index (χ0v) is 12.1. The van der Waals surface area contributed by atoms with Crippen LogP contribution in [0.2, 0.25) is 0 Å². The molecule has 0 amide bonds. The Balaban J connectivity index is 2.40. The maximum absolute atomic E-state index is 11.8. The first-order chi connectivity index (χ1) is 9.40. The SMILES string of the molecule is CC(=O)c1cc([N+](=O)[O-])ccc1N1CCC(C)CC1C. The van der Waals surface area contributed by atoms with Crippen molar-refractivity contribution in [2.24, 2.45) is 5.92 Å². The Hall–Kier alpha value is -1.91. The minimum atomic E-state index is -0.460. The number of carbonyl (C=O) groups is 1. The zero-order valence-electron chi connectivity index (χ0n) is 12.1. The first-order valence-electron chi connectivity index (χ1n) is 6.96. The highest BCUT2D eigenvalue weighted by Crippen LogP contribution is 2.32. The van der Waals surface area contributed by atoms with Crippen LogP contribution in [0.4, 0.5) is 11.4 Å². The Morgan fingerprint density at radius 3 is 2.65 bits per heavy atom. The molecule has 0 aliphatic carbocycles. The molecule has 1 aromatic rings. The van der Waals surface area contributed by atoms with E-state index in [0.717, 1.165) is 25.1 Å². The van der Waals surface area contributed by atoms with Crippen LogP contribution in [0, 0.1) is 16.0 Å². The molecule has 1 aromatic carbocycles. The molecule has 2 unspecified atom stereocenters. The number of Topliss-reactive ketones (excluding diaryl/α,β-unsaturated/α-hetero) is 1. The van der Waals surface area contributed by atoms with E-state index in [2.05, 4.69) is 18.7 Å². The number of hydrogen-bond acceptors (Lipinski definition) is 4. The van der Waals surface area contributed by atoms with Crippen LogP contribution in [-0.2, 0) is 0 Å². The zero-order chi connectivity index (χ0) is 14.9. The molecule has 108 valence electrons. The second-order valence-corrected chi connectivity index (χ2v) is 5.69. The van der Waals surface area contributed by atoms with Crippen molar-refractivity contribution in [1.29, 1.82) is 0 Å². The van der Waals surface area contributed by atoms with Crippen molar-refractivity contribution < 1.29 is 9.72 Å². The normalized spacial score (nSPS) is 22.6. The smallest absolute Gasteiger partial charge is 0.270 e. The molecule has 0 radical (unpaired) electrons. The maximum atomic E-state index is 11.8. The summed E-state index contributed by atoms with van der Waals surface area (Å²) in [6.07, 6.45) is 2.16. The van der Waals surface area contributed by atoms with E-state index in [1.54, 1.807) is 6.07 Å². The number of carbonyl (C=O) groups excluding carboxylic acids is 1. The van der Waals surface area contributed by atoms with Gasteiger partial charge in [0, 0.05) is 36.0 Å². The number of ketones is 1. The van der Waals surface area contributed by atoms with Crippen LogP contribution in [0.15, 0.2) is 18.2 Å². The average molecular weight is 276 g/mol. The number of hydrogen-bond donors (Lipinski definition) is 0. The van der Waals surface area contributed by atoms with Gasteiger partial charge in [0.2, 0.25) is 0 Å². The van der Waals surface area contributed by atoms with E-state index in [9.17, 15) is 14.9 Å². The summed E-state index contributed by atoms with van der Waals surface area (Å²) in [4.78, 5) is 24.4. The first kappa shape index (κ1) is 14.5. The lowest BCUT2D eigenvalue weighted by molar-refractivity contribution is -0.384. The third-order valence-electron chi connectivity index (χ3n) is 4.02. The third-order valence-corrected chi connectivity index (χ3v) is 4.02. The van der Waals surface area contributed by atoms with Crippen molar-refractivity contribution in [3.63, 3.8) is 0 Å². The van der Waals surface area contributed by atoms with E-state index in [-0.39, 0.29) is 11.5 Å². The summed E-state index contributed by atoms with van der Waals surface area (Å²) in [7, 11) is 0. The van der Waals surface area contributed by atoms with E-state index < -0.39 is 4.92 Å². The fourth-order valence-corrected chi connectivity index (χ4v) is 2.94. The van der Waals surface area contributed by atoms with Gasteiger partial charge in [-0.25, -0.2) is 0 Å². The molecule has 0 saturated carbocycles. The number of piperidine rings is 1. The molecule has 0 spiro atoms. The van der Waals surface area contributed by atoms with Gasteiger partial charge in [0.25, 0.3) is 5.69 Å². The molecule has 0 aromatic heterocycles. The Morgan fingerprint density at radius 1 is 1.40 bits per heavy atom. The van der Waals surface area contributed by atoms with E-state index in [1.807, 2.05) is 0 Å². The molecule has 20 heavy (non-hydrogen) atoms. The maximum Gasteiger partial charge on any atom is 0.270 e. The van der Waals surface area contributed by atoms with Crippen molar-refractivity contribution in [2.75, 3.05) is 11.4 Å². The highest BCUT2D eigenvalue weighted by molar-refractivity contribution is 6.00. The quantitative estimate of drug-likeness (QED) is 0.482. The summed E-state index contributed by atoms with van der Waals surface area (Å²) < 4.78 is 0. The van der Waals surface area contributed by atoms with Crippen LogP contribution in [0.5, 0.6) is 0 Å². The Bertz CT molecular complexity index is 542. The van der Waals surface area contributed by atoms with Crippen LogP contribution in [0.25, 0.3) is 0 Å². The standard InChI is InChI=1S/C15H20N2O3/c1-10-6-7-16(11(2)8-10)15-5-4-13(17(19)20)9-14(15)12(3)18/h4-5,9-11H,6-8H2,1-3H3. The van der Waals surface area contributed by atoms with Gasteiger partial charge in [-0.1, -0.05) is 6.92 Å². The van der Waals surface area contributed by atoms with Crippen molar-refractivity contribution in [3.8, 4) is 0 Å². The number of benzene rings is 1. The summed E-state index contributed by atoms with van der Waals surface area (Å²) in [6.45, 7) is 6.72. The molecule has 0 bridgehead atoms. The van der Waals surface area contributed by atoms with Crippen LogP contribution >= 0.6 is 0 Å². The number of nitro groups is 1. The minimum Gasteiger partial charge on any atom is -0.368 e. The number of rotatable bonds is 3. The monoisotopic (exact) mass is 276 g/mol. The summed E-state index contributed by atoms with van der Waals surface area (Å²) in [5.74, 6) is 0.551. The molecule has 5 nitrogen and oxygen atoms in total. The third kappa shape index (κ3) is 2.81. The predicted molar refractivity (Wildman–Crippen MR) is 78.3 cm³/mol. The molecular weight excluding hydrogens is 256 g/mol. The lowest BCUT2D eigenvalue weighted by Gasteiger charge is -2.39. The van der Waals surface area contributed by atoms with E-state index in [0.29, 0.717) is 17.5 Å². The molecule has 1 aliphatic heterocycles. The van der Waals surface area contributed by atoms with E-state index >= 15 is 0 Å². The molecule has 1 saturated heterocycles. The van der Waals surface area contributed by atoms with Gasteiger partial charge in [0.1, 0.15) is 0 Å². The van der Waals surface area contributed by atoms with Gasteiger partial charge in [-0.15, -0.1) is 0 Å². The first-order valence-corrected chi connectivity index (χ1v) is 6.96. The fraction of sp³-hybridized carbons (Fsp3) is 0.533. The van der Waals surface area contributed by atoms with Gasteiger partial charge < -0.3 is 4.90 Å². The van der Waals surface area contributed by atoms with Crippen molar-refractivity contribution in [3.05, 3.63) is 33.9 Å². The second kappa shape index (κ2) is 5.61. The molecule has 1 heterocycles. The van der Waals surface area contributed by atoms with Crippen molar-refractivity contribution >= 4 is 17.2 Å². The van der Waals surface area contributed by atoms with Gasteiger partial charge in [0.05, 0.1) is 4.92 Å². The summed E-state index contributed by atoms with van der Waals surface area (Å²) in [5.41, 5.74) is 1.24. The van der Waals surface area contributed by atoms with E-state index in [1.165, 1.54) is 19.1 Å². The predicted octanol–water partition coefficient (Wildman–Crippen LogP) is 3.42. The summed E-state index contributed by atoms with van der Waals surface area (Å²) in [6, 6.07) is 4.93. The Labute approximate surface area is 118 Å². The fourth-order valence-electron chi connectivity index (χ4n) is 2.94.